The van der Waals surface area contributed by atoms with Crippen molar-refractivity contribution in [2.75, 3.05) is 24.6 Å². The predicted molar refractivity (Wildman–Crippen MR) is 141 cm³/mol. The quantitative estimate of drug-likeness (QED) is 0.210. The van der Waals surface area contributed by atoms with Crippen molar-refractivity contribution in [3.8, 4) is 0 Å². The number of benzene rings is 2. The van der Waals surface area contributed by atoms with Gasteiger partial charge in [0.25, 0.3) is 0 Å². The van der Waals surface area contributed by atoms with E-state index in [9.17, 15) is 26.9 Å². The molecule has 0 aliphatic carbocycles. The Kier molecular flexibility index (Phi) is 11.0. The lowest BCUT2D eigenvalue weighted by Gasteiger charge is -2.24. The molecule has 0 fully saturated rings. The summed E-state index contributed by atoms with van der Waals surface area (Å²) >= 11 is -1.33. The number of nitrogens with two attached hydrogens (primary N) is 1. The first-order valence-electron chi connectivity index (χ1n) is 12.1. The van der Waals surface area contributed by atoms with Gasteiger partial charge in [0.05, 0.1) is 12.1 Å². The molecule has 0 bridgehead atoms. The van der Waals surface area contributed by atoms with Crippen molar-refractivity contribution < 1.29 is 26.9 Å². The van der Waals surface area contributed by atoms with Gasteiger partial charge in [0.15, 0.2) is 0 Å². The molecule has 0 heterocycles. The van der Waals surface area contributed by atoms with Crippen LogP contribution in [0.1, 0.15) is 61.4 Å². The van der Waals surface area contributed by atoms with Crippen LogP contribution in [0.25, 0.3) is 5.70 Å². The highest BCUT2D eigenvalue weighted by Crippen LogP contribution is 2.33. The van der Waals surface area contributed by atoms with E-state index >= 15 is 0 Å². The largest absolute Gasteiger partial charge is 0.598 e. The van der Waals surface area contributed by atoms with Crippen LogP contribution in [0.3, 0.4) is 0 Å². The zero-order chi connectivity index (χ0) is 27.9. The van der Waals surface area contributed by atoms with Gasteiger partial charge in [-0.3, -0.25) is 4.79 Å². The van der Waals surface area contributed by atoms with Gasteiger partial charge in [-0.2, -0.15) is 13.2 Å². The van der Waals surface area contributed by atoms with Crippen LogP contribution >= 0.6 is 0 Å². The number of allylic oxidation sites excluding steroid dienone is 1. The highest BCUT2D eigenvalue weighted by atomic mass is 32.2. The summed E-state index contributed by atoms with van der Waals surface area (Å²) in [6.07, 6.45) is -3.52. The Balaban J connectivity index is 2.06. The molecular weight excluding hydrogens is 506 g/mol. The van der Waals surface area contributed by atoms with Crippen LogP contribution in [-0.2, 0) is 28.8 Å². The molecule has 10 heteroatoms. The smallest absolute Gasteiger partial charge is 0.419 e. The van der Waals surface area contributed by atoms with E-state index in [1.165, 1.54) is 6.07 Å². The Labute approximate surface area is 219 Å². The Morgan fingerprint density at radius 1 is 1.11 bits per heavy atom. The van der Waals surface area contributed by atoms with E-state index in [4.69, 9.17) is 5.73 Å². The minimum Gasteiger partial charge on any atom is -0.598 e. The van der Waals surface area contributed by atoms with E-state index < -0.39 is 34.8 Å². The molecule has 2 aromatic carbocycles. The van der Waals surface area contributed by atoms with Crippen LogP contribution in [0.5, 0.6) is 0 Å². The van der Waals surface area contributed by atoms with Crippen molar-refractivity contribution in [1.29, 1.82) is 0 Å². The van der Waals surface area contributed by atoms with Crippen LogP contribution in [0.2, 0.25) is 0 Å². The van der Waals surface area contributed by atoms with E-state index in [2.05, 4.69) is 5.32 Å². The van der Waals surface area contributed by atoms with Gasteiger partial charge in [0.2, 0.25) is 5.91 Å². The van der Waals surface area contributed by atoms with Gasteiger partial charge in [0.1, 0.15) is 11.6 Å². The average Bonchev–Trinajstić information content (AvgIpc) is 2.78. The third kappa shape index (κ3) is 8.76. The van der Waals surface area contributed by atoms with Gasteiger partial charge < -0.3 is 15.6 Å². The summed E-state index contributed by atoms with van der Waals surface area (Å²) in [4.78, 5) is 12.7. The number of aryl methyl sites for hydroxylation is 2. The van der Waals surface area contributed by atoms with Gasteiger partial charge in [0, 0.05) is 42.1 Å². The van der Waals surface area contributed by atoms with Gasteiger partial charge in [-0.05, 0) is 86.7 Å². The monoisotopic (exact) mass is 541 g/mol. The number of rotatable bonds is 11. The third-order valence-corrected chi connectivity index (χ3v) is 7.41. The minimum absolute atomic E-state index is 0.00420. The van der Waals surface area contributed by atoms with Crippen LogP contribution < -0.4 is 11.1 Å². The Morgan fingerprint density at radius 2 is 1.73 bits per heavy atom. The van der Waals surface area contributed by atoms with Gasteiger partial charge in [-0.25, -0.2) is 4.39 Å². The molecule has 204 valence electrons. The maximum absolute atomic E-state index is 13.7. The summed E-state index contributed by atoms with van der Waals surface area (Å²) in [6, 6.07) is 6.41. The molecule has 3 N–H and O–H groups in total. The summed E-state index contributed by atoms with van der Waals surface area (Å²) in [7, 11) is 0. The van der Waals surface area contributed by atoms with E-state index in [0.717, 1.165) is 29.2 Å². The first kappa shape index (κ1) is 30.7. The maximum Gasteiger partial charge on any atom is 0.419 e. The maximum atomic E-state index is 13.7. The lowest BCUT2D eigenvalue weighted by molar-refractivity contribution is -0.140. The summed E-state index contributed by atoms with van der Waals surface area (Å²) in [5, 5.41) is 2.66. The van der Waals surface area contributed by atoms with Crippen molar-refractivity contribution in [3.63, 3.8) is 0 Å². The Morgan fingerprint density at radius 3 is 2.27 bits per heavy atom. The third-order valence-electron chi connectivity index (χ3n) is 5.92. The number of nitrogens with one attached hydrogen (secondary N) is 1. The molecule has 1 atom stereocenters. The SMILES string of the molecule is CCCN(CCC(=O)NC(=C(C)C)c1ccc(F)c(C(F)(F)F)c1)[S+]([O-])CCc1c(C)cc(N)cc1C. The minimum atomic E-state index is -4.86. The molecule has 0 aliphatic heterocycles. The molecule has 0 aromatic heterocycles. The molecule has 2 aromatic rings. The molecule has 0 spiro atoms. The number of carbonyl (C=O) groups is 1. The van der Waals surface area contributed by atoms with Crippen molar-refractivity contribution in [3.05, 3.63) is 69.5 Å². The summed E-state index contributed by atoms with van der Waals surface area (Å²) in [6.45, 7) is 9.93. The zero-order valence-electron chi connectivity index (χ0n) is 21.9. The van der Waals surface area contributed by atoms with Crippen molar-refractivity contribution in [2.24, 2.45) is 0 Å². The number of hydrogen-bond acceptors (Lipinski definition) is 4. The first-order valence-corrected chi connectivity index (χ1v) is 13.4. The fourth-order valence-corrected chi connectivity index (χ4v) is 5.43. The fraction of sp³-hybridized carbons (Fsp3) is 0.444. The van der Waals surface area contributed by atoms with Crippen LogP contribution in [0, 0.1) is 19.7 Å². The number of nitrogens with zero attached hydrogens (tertiary/aromatic N) is 1. The number of halogens is 4. The topological polar surface area (TPSA) is 81.4 Å². The number of anilines is 1. The Hall–Kier alpha value is -2.56. The van der Waals surface area contributed by atoms with Crippen molar-refractivity contribution in [2.45, 2.75) is 60.1 Å². The molecule has 0 aliphatic rings. The second-order valence-electron chi connectivity index (χ2n) is 9.20. The summed E-state index contributed by atoms with van der Waals surface area (Å²) < 4.78 is 68.0. The van der Waals surface area contributed by atoms with E-state index in [0.29, 0.717) is 36.0 Å². The molecule has 1 unspecified atom stereocenters. The molecule has 5 nitrogen and oxygen atoms in total. The van der Waals surface area contributed by atoms with E-state index in [1.807, 2.05) is 32.9 Å². The molecule has 0 radical (unpaired) electrons. The van der Waals surface area contributed by atoms with Gasteiger partial charge in [-0.15, -0.1) is 4.31 Å². The van der Waals surface area contributed by atoms with E-state index in [1.54, 1.807) is 18.2 Å². The van der Waals surface area contributed by atoms with E-state index in [-0.39, 0.29) is 24.2 Å². The second-order valence-corrected chi connectivity index (χ2v) is 10.8. The summed E-state index contributed by atoms with van der Waals surface area (Å²) in [5.74, 6) is -1.42. The van der Waals surface area contributed by atoms with Gasteiger partial charge in [-0.1, -0.05) is 12.5 Å². The molecule has 2 rings (SSSR count). The molecule has 1 amide bonds. The molecule has 37 heavy (non-hydrogen) atoms. The second kappa shape index (κ2) is 13.3. The first-order chi connectivity index (χ1) is 17.2. The molecule has 0 saturated heterocycles. The van der Waals surface area contributed by atoms with Crippen molar-refractivity contribution >= 4 is 28.7 Å². The highest BCUT2D eigenvalue weighted by Gasteiger charge is 2.34. The standard InChI is InChI=1S/C27H35F4N3O2S/c1-6-11-34(37(36)13-10-22-18(4)14-21(32)15-19(22)5)12-9-25(35)33-26(17(2)3)20-7-8-24(28)23(16-20)27(29,30)31/h7-8,14-16H,6,9-13,32H2,1-5H3,(H,33,35). The van der Waals surface area contributed by atoms with Crippen molar-refractivity contribution in [1.82, 2.24) is 9.62 Å². The highest BCUT2D eigenvalue weighted by molar-refractivity contribution is 7.89. The number of nitrogen functional groups attached to an aromatic ring is 1. The molecule has 0 saturated carbocycles. The average molecular weight is 542 g/mol. The van der Waals surface area contributed by atoms with Crippen LogP contribution in [0.4, 0.5) is 23.2 Å². The summed E-state index contributed by atoms with van der Waals surface area (Å²) in [5.41, 5.74) is 9.17. The molecular formula is C27H35F4N3O2S. The number of amides is 1. The number of hydrogen-bond donors (Lipinski definition) is 2. The Bertz CT molecular complexity index is 1110. The van der Waals surface area contributed by atoms with Crippen LogP contribution in [0.15, 0.2) is 35.9 Å². The fourth-order valence-electron chi connectivity index (χ4n) is 4.12. The zero-order valence-corrected chi connectivity index (χ0v) is 22.7. The normalized spacial score (nSPS) is 12.5. The lowest BCUT2D eigenvalue weighted by Crippen LogP contribution is -2.37. The predicted octanol–water partition coefficient (Wildman–Crippen LogP) is 5.92. The lowest BCUT2D eigenvalue weighted by atomic mass is 10.00. The number of alkyl halides is 3. The van der Waals surface area contributed by atoms with Gasteiger partial charge >= 0.3 is 6.18 Å². The van der Waals surface area contributed by atoms with Crippen LogP contribution in [-0.4, -0.2) is 33.6 Å². The number of carbonyl (C=O) groups excluding carboxylic acids is 1.